The van der Waals surface area contributed by atoms with E-state index in [0.29, 0.717) is 30.0 Å². The number of methoxy groups -OCH3 is 1. The van der Waals surface area contributed by atoms with Gasteiger partial charge in [-0.2, -0.15) is 0 Å². The monoisotopic (exact) mass is 331 g/mol. The summed E-state index contributed by atoms with van der Waals surface area (Å²) < 4.78 is 15.5. The molecule has 1 N–H and O–H groups in total. The number of aryl methyl sites for hydroxylation is 2. The van der Waals surface area contributed by atoms with Gasteiger partial charge in [0, 0.05) is 6.54 Å². The Balaban J connectivity index is 1.75. The largest absolute Gasteiger partial charge is 0.496 e. The van der Waals surface area contributed by atoms with Crippen molar-refractivity contribution in [2.24, 2.45) is 0 Å². The van der Waals surface area contributed by atoms with E-state index >= 15 is 0 Å². The lowest BCUT2D eigenvalue weighted by atomic mass is 10.1. The SMILES string of the molecule is COc1ccccc1CCNC(=O)COC(=O)c1cc(C)oc1C. The first-order valence-corrected chi connectivity index (χ1v) is 7.64. The van der Waals surface area contributed by atoms with Crippen LogP contribution in [-0.2, 0) is 16.0 Å². The summed E-state index contributed by atoms with van der Waals surface area (Å²) >= 11 is 0. The van der Waals surface area contributed by atoms with E-state index in [0.717, 1.165) is 11.3 Å². The molecule has 0 bridgehead atoms. The van der Waals surface area contributed by atoms with Crippen LogP contribution in [0.25, 0.3) is 0 Å². The number of para-hydroxylation sites is 1. The summed E-state index contributed by atoms with van der Waals surface area (Å²) in [6.45, 7) is 3.53. The Labute approximate surface area is 140 Å². The Morgan fingerprint density at radius 3 is 2.62 bits per heavy atom. The Morgan fingerprint density at radius 2 is 1.96 bits per heavy atom. The number of furan rings is 1. The fourth-order valence-corrected chi connectivity index (χ4v) is 2.34. The van der Waals surface area contributed by atoms with E-state index in [1.54, 1.807) is 27.0 Å². The molecule has 0 fully saturated rings. The number of rotatable bonds is 7. The normalized spacial score (nSPS) is 10.3. The second-order valence-corrected chi connectivity index (χ2v) is 5.31. The number of nitrogens with one attached hydrogen (secondary N) is 1. The van der Waals surface area contributed by atoms with Crippen molar-refractivity contribution in [2.45, 2.75) is 20.3 Å². The molecule has 0 saturated carbocycles. The van der Waals surface area contributed by atoms with Gasteiger partial charge in [-0.15, -0.1) is 0 Å². The van der Waals surface area contributed by atoms with Crippen molar-refractivity contribution in [1.82, 2.24) is 5.32 Å². The van der Waals surface area contributed by atoms with Gasteiger partial charge in [0.05, 0.1) is 7.11 Å². The Bertz CT molecular complexity index is 720. The number of carbonyl (C=O) groups is 2. The van der Waals surface area contributed by atoms with Crippen molar-refractivity contribution in [1.29, 1.82) is 0 Å². The van der Waals surface area contributed by atoms with Gasteiger partial charge in [0.15, 0.2) is 6.61 Å². The molecule has 1 aromatic heterocycles. The highest BCUT2D eigenvalue weighted by Crippen LogP contribution is 2.17. The number of esters is 1. The highest BCUT2D eigenvalue weighted by atomic mass is 16.5. The molecular weight excluding hydrogens is 310 g/mol. The van der Waals surface area contributed by atoms with Crippen molar-refractivity contribution in [3.8, 4) is 5.75 Å². The topological polar surface area (TPSA) is 77.8 Å². The third kappa shape index (κ3) is 4.62. The lowest BCUT2D eigenvalue weighted by Crippen LogP contribution is -2.30. The molecule has 1 aromatic carbocycles. The van der Waals surface area contributed by atoms with Crippen LogP contribution in [0.4, 0.5) is 0 Å². The van der Waals surface area contributed by atoms with Crippen LogP contribution in [0.2, 0.25) is 0 Å². The maximum atomic E-state index is 11.9. The van der Waals surface area contributed by atoms with Gasteiger partial charge in [0.25, 0.3) is 5.91 Å². The fourth-order valence-electron chi connectivity index (χ4n) is 2.34. The van der Waals surface area contributed by atoms with E-state index < -0.39 is 5.97 Å². The quantitative estimate of drug-likeness (QED) is 0.788. The van der Waals surface area contributed by atoms with Gasteiger partial charge < -0.3 is 19.2 Å². The summed E-state index contributed by atoms with van der Waals surface area (Å²) in [5.74, 6) is 0.971. The lowest BCUT2D eigenvalue weighted by Gasteiger charge is -2.09. The Kier molecular flexibility index (Phi) is 6.01. The molecule has 1 amide bonds. The summed E-state index contributed by atoms with van der Waals surface area (Å²) in [7, 11) is 1.61. The standard InChI is InChI=1S/C18H21NO5/c1-12-10-15(13(2)24-12)18(21)23-11-17(20)19-9-8-14-6-4-5-7-16(14)22-3/h4-7,10H,8-9,11H2,1-3H3,(H,19,20). The highest BCUT2D eigenvalue weighted by Gasteiger charge is 2.16. The Morgan fingerprint density at radius 1 is 1.21 bits per heavy atom. The lowest BCUT2D eigenvalue weighted by molar-refractivity contribution is -0.124. The van der Waals surface area contributed by atoms with Gasteiger partial charge in [0.1, 0.15) is 22.8 Å². The molecule has 0 aliphatic rings. The molecule has 6 heteroatoms. The van der Waals surface area contributed by atoms with Crippen LogP contribution in [-0.4, -0.2) is 32.1 Å². The maximum absolute atomic E-state index is 11.9. The number of hydrogen-bond donors (Lipinski definition) is 1. The first-order chi connectivity index (χ1) is 11.5. The molecule has 0 spiro atoms. The van der Waals surface area contributed by atoms with E-state index in [2.05, 4.69) is 5.32 Å². The van der Waals surface area contributed by atoms with Crippen molar-refractivity contribution < 1.29 is 23.5 Å². The molecule has 128 valence electrons. The van der Waals surface area contributed by atoms with Crippen LogP contribution in [0.5, 0.6) is 5.75 Å². The van der Waals surface area contributed by atoms with Crippen molar-refractivity contribution in [2.75, 3.05) is 20.3 Å². The Hall–Kier alpha value is -2.76. The van der Waals surface area contributed by atoms with Crippen molar-refractivity contribution >= 4 is 11.9 Å². The molecule has 2 aromatic rings. The molecular formula is C18H21NO5. The summed E-state index contributed by atoms with van der Waals surface area (Å²) in [6, 6.07) is 9.21. The molecule has 0 aliphatic heterocycles. The highest BCUT2D eigenvalue weighted by molar-refractivity contribution is 5.92. The summed E-state index contributed by atoms with van der Waals surface area (Å²) in [5, 5.41) is 2.71. The number of amides is 1. The molecule has 0 atom stereocenters. The minimum Gasteiger partial charge on any atom is -0.496 e. The van der Waals surface area contributed by atoms with E-state index in [4.69, 9.17) is 13.9 Å². The molecule has 6 nitrogen and oxygen atoms in total. The predicted molar refractivity (Wildman–Crippen MR) is 88.2 cm³/mol. The van der Waals surface area contributed by atoms with Crippen molar-refractivity contribution in [3.05, 3.63) is 53.0 Å². The second kappa shape index (κ2) is 8.19. The van der Waals surface area contributed by atoms with Crippen LogP contribution >= 0.6 is 0 Å². The number of ether oxygens (including phenoxy) is 2. The zero-order valence-electron chi connectivity index (χ0n) is 14.0. The van der Waals surface area contributed by atoms with Gasteiger partial charge in [-0.3, -0.25) is 4.79 Å². The summed E-state index contributed by atoms with van der Waals surface area (Å²) in [4.78, 5) is 23.7. The molecule has 0 saturated heterocycles. The van der Waals surface area contributed by atoms with E-state index in [-0.39, 0.29) is 12.5 Å². The van der Waals surface area contributed by atoms with Crippen LogP contribution in [0.15, 0.2) is 34.7 Å². The predicted octanol–water partition coefficient (Wildman–Crippen LogP) is 2.42. The maximum Gasteiger partial charge on any atom is 0.342 e. The van der Waals surface area contributed by atoms with Gasteiger partial charge in [-0.1, -0.05) is 18.2 Å². The zero-order chi connectivity index (χ0) is 17.5. The molecule has 0 aliphatic carbocycles. The van der Waals surface area contributed by atoms with Crippen LogP contribution in [0.3, 0.4) is 0 Å². The van der Waals surface area contributed by atoms with E-state index in [1.165, 1.54) is 0 Å². The summed E-state index contributed by atoms with van der Waals surface area (Å²) in [5.41, 5.74) is 1.34. The van der Waals surface area contributed by atoms with Crippen LogP contribution < -0.4 is 10.1 Å². The molecule has 0 radical (unpaired) electrons. The molecule has 1 heterocycles. The molecule has 24 heavy (non-hydrogen) atoms. The molecule has 2 rings (SSSR count). The van der Waals surface area contributed by atoms with Gasteiger partial charge in [0.2, 0.25) is 0 Å². The van der Waals surface area contributed by atoms with Crippen molar-refractivity contribution in [3.63, 3.8) is 0 Å². The second-order valence-electron chi connectivity index (χ2n) is 5.31. The van der Waals surface area contributed by atoms with Gasteiger partial charge in [-0.05, 0) is 38.0 Å². The minimum absolute atomic E-state index is 0.325. The average molecular weight is 331 g/mol. The number of carbonyl (C=O) groups excluding carboxylic acids is 2. The number of benzene rings is 1. The first kappa shape index (κ1) is 17.6. The van der Waals surface area contributed by atoms with E-state index in [1.807, 2.05) is 24.3 Å². The van der Waals surface area contributed by atoms with Gasteiger partial charge in [-0.25, -0.2) is 4.79 Å². The van der Waals surface area contributed by atoms with E-state index in [9.17, 15) is 9.59 Å². The smallest absolute Gasteiger partial charge is 0.342 e. The van der Waals surface area contributed by atoms with Crippen LogP contribution in [0.1, 0.15) is 27.4 Å². The minimum atomic E-state index is -0.566. The third-order valence-electron chi connectivity index (χ3n) is 3.50. The summed E-state index contributed by atoms with van der Waals surface area (Å²) in [6.07, 6.45) is 0.629. The first-order valence-electron chi connectivity index (χ1n) is 7.64. The average Bonchev–Trinajstić information content (AvgIpc) is 2.91. The van der Waals surface area contributed by atoms with Crippen LogP contribution in [0, 0.1) is 13.8 Å². The van der Waals surface area contributed by atoms with Gasteiger partial charge >= 0.3 is 5.97 Å². The zero-order valence-corrected chi connectivity index (χ0v) is 14.0. The number of hydrogen-bond acceptors (Lipinski definition) is 5. The third-order valence-corrected chi connectivity index (χ3v) is 3.50. The molecule has 0 unspecified atom stereocenters. The fraction of sp³-hybridized carbons (Fsp3) is 0.333.